The maximum atomic E-state index is 11.6. The van der Waals surface area contributed by atoms with Gasteiger partial charge < -0.3 is 15.7 Å². The number of hydrogen-bond donors (Lipinski definition) is 3. The van der Waals surface area contributed by atoms with Crippen LogP contribution in [0.3, 0.4) is 0 Å². The fourth-order valence-electron chi connectivity index (χ4n) is 3.10. The number of sulfone groups is 1. The summed E-state index contributed by atoms with van der Waals surface area (Å²) in [7, 11) is -2.87. The summed E-state index contributed by atoms with van der Waals surface area (Å²) in [6, 6.07) is 7.99. The topological polar surface area (TPSA) is 90.8 Å². The molecule has 3 N–H and O–H groups in total. The maximum Gasteiger partial charge on any atom is 0.191 e. The summed E-state index contributed by atoms with van der Waals surface area (Å²) in [5, 5.41) is 16.8. The third-order valence-corrected chi connectivity index (χ3v) is 6.65. The lowest BCUT2D eigenvalue weighted by Crippen LogP contribution is -2.40. The molecule has 8 heteroatoms. The minimum Gasteiger partial charge on any atom is -0.386 e. The van der Waals surface area contributed by atoms with Gasteiger partial charge in [0, 0.05) is 13.1 Å². The molecule has 0 aromatic heterocycles. The van der Waals surface area contributed by atoms with Crippen LogP contribution >= 0.6 is 24.0 Å². The number of nitrogens with zero attached hydrogens (tertiary/aromatic N) is 1. The van der Waals surface area contributed by atoms with Crippen LogP contribution in [0.2, 0.25) is 0 Å². The van der Waals surface area contributed by atoms with Crippen LogP contribution in [0.5, 0.6) is 0 Å². The fraction of sp³-hybridized carbons (Fsp3) is 0.650. The van der Waals surface area contributed by atoms with Crippen molar-refractivity contribution in [2.24, 2.45) is 10.9 Å². The zero-order valence-electron chi connectivity index (χ0n) is 17.2. The molecule has 2 unspecified atom stereocenters. The van der Waals surface area contributed by atoms with E-state index in [9.17, 15) is 13.5 Å². The van der Waals surface area contributed by atoms with Crippen LogP contribution in [0.4, 0.5) is 0 Å². The molecule has 1 fully saturated rings. The number of aliphatic imine (C=N–C) groups is 1. The molecule has 1 aliphatic rings. The van der Waals surface area contributed by atoms with Crippen LogP contribution in [0, 0.1) is 5.92 Å². The van der Waals surface area contributed by atoms with Gasteiger partial charge in [-0.3, -0.25) is 4.99 Å². The minimum atomic E-state index is -2.87. The molecule has 1 heterocycles. The molecule has 0 radical (unpaired) electrons. The van der Waals surface area contributed by atoms with E-state index < -0.39 is 15.9 Å². The Morgan fingerprint density at radius 1 is 1.25 bits per heavy atom. The van der Waals surface area contributed by atoms with E-state index in [4.69, 9.17) is 0 Å². The molecule has 1 aromatic carbocycles. The summed E-state index contributed by atoms with van der Waals surface area (Å²) >= 11 is 0. The minimum absolute atomic E-state index is 0. The first-order valence-corrected chi connectivity index (χ1v) is 11.4. The Bertz CT molecular complexity index is 743. The summed E-state index contributed by atoms with van der Waals surface area (Å²) in [5.41, 5.74) is 2.14. The molecular formula is C20H34IN3O3S. The Balaban J connectivity index is 0.00000392. The standard InChI is InChI=1S/C20H33N3O3S.HI/c1-5-21-19(22-12-15-10-11-27(25,26)14-15)23-13-18(24)16-6-8-17(9-7-16)20(2,3)4;/h6-9,15,18,24H,5,10-14H2,1-4H3,(H2,21,22,23);1H. The van der Waals surface area contributed by atoms with Crippen LogP contribution in [0.1, 0.15) is 51.3 Å². The first-order valence-electron chi connectivity index (χ1n) is 9.62. The number of aliphatic hydroxyl groups excluding tert-OH is 1. The van der Waals surface area contributed by atoms with Gasteiger partial charge in [-0.25, -0.2) is 8.42 Å². The van der Waals surface area contributed by atoms with E-state index in [1.54, 1.807) is 0 Å². The van der Waals surface area contributed by atoms with Crippen molar-refractivity contribution in [1.29, 1.82) is 0 Å². The van der Waals surface area contributed by atoms with Gasteiger partial charge >= 0.3 is 0 Å². The second-order valence-corrected chi connectivity index (χ2v) is 10.5. The molecule has 6 nitrogen and oxygen atoms in total. The summed E-state index contributed by atoms with van der Waals surface area (Å²) in [6.07, 6.45) is 0.0126. The van der Waals surface area contributed by atoms with Gasteiger partial charge in [-0.1, -0.05) is 45.0 Å². The second-order valence-electron chi connectivity index (χ2n) is 8.26. The number of rotatable bonds is 6. The van der Waals surface area contributed by atoms with Crippen molar-refractivity contribution in [3.8, 4) is 0 Å². The van der Waals surface area contributed by atoms with E-state index in [0.29, 0.717) is 25.5 Å². The van der Waals surface area contributed by atoms with Gasteiger partial charge in [0.05, 0.1) is 24.2 Å². The van der Waals surface area contributed by atoms with Gasteiger partial charge in [0.25, 0.3) is 0 Å². The third-order valence-electron chi connectivity index (χ3n) is 4.81. The molecule has 0 spiro atoms. The monoisotopic (exact) mass is 523 g/mol. The summed E-state index contributed by atoms with van der Waals surface area (Å²) < 4.78 is 23.1. The molecule has 2 atom stereocenters. The number of benzene rings is 1. The van der Waals surface area contributed by atoms with E-state index in [2.05, 4.69) is 36.4 Å². The van der Waals surface area contributed by atoms with Gasteiger partial charge in [-0.2, -0.15) is 0 Å². The van der Waals surface area contributed by atoms with E-state index in [-0.39, 0.29) is 53.4 Å². The third kappa shape index (κ3) is 7.87. The van der Waals surface area contributed by atoms with Gasteiger partial charge in [-0.05, 0) is 35.8 Å². The van der Waals surface area contributed by atoms with E-state index >= 15 is 0 Å². The van der Waals surface area contributed by atoms with Crippen molar-refractivity contribution < 1.29 is 13.5 Å². The van der Waals surface area contributed by atoms with Crippen LogP contribution in [0.25, 0.3) is 0 Å². The first-order chi connectivity index (χ1) is 12.6. The Morgan fingerprint density at radius 2 is 1.89 bits per heavy atom. The number of nitrogens with one attached hydrogen (secondary N) is 2. The molecule has 0 saturated carbocycles. The van der Waals surface area contributed by atoms with E-state index in [1.165, 1.54) is 5.56 Å². The summed E-state index contributed by atoms with van der Waals surface area (Å²) in [6.45, 7) is 9.96. The zero-order chi connectivity index (χ0) is 20.1. The largest absolute Gasteiger partial charge is 0.386 e. The molecule has 0 bridgehead atoms. The van der Waals surface area contributed by atoms with Crippen molar-refractivity contribution in [3.05, 3.63) is 35.4 Å². The van der Waals surface area contributed by atoms with Crippen LogP contribution in [-0.2, 0) is 15.3 Å². The second kappa shape index (κ2) is 10.8. The molecular weight excluding hydrogens is 489 g/mol. The lowest BCUT2D eigenvalue weighted by Gasteiger charge is -2.20. The van der Waals surface area contributed by atoms with Crippen LogP contribution in [0.15, 0.2) is 29.3 Å². The summed E-state index contributed by atoms with van der Waals surface area (Å²) in [5.74, 6) is 1.24. The Hall–Kier alpha value is -0.870. The Morgan fingerprint density at radius 3 is 2.39 bits per heavy atom. The molecule has 2 rings (SSSR count). The lowest BCUT2D eigenvalue weighted by molar-refractivity contribution is 0.187. The smallest absolute Gasteiger partial charge is 0.191 e. The van der Waals surface area contributed by atoms with Crippen molar-refractivity contribution >= 4 is 39.8 Å². The van der Waals surface area contributed by atoms with Gasteiger partial charge in [0.1, 0.15) is 0 Å². The SMILES string of the molecule is CCNC(=NCC(O)c1ccc(C(C)(C)C)cc1)NCC1CCS(=O)(=O)C1.I. The summed E-state index contributed by atoms with van der Waals surface area (Å²) in [4.78, 5) is 4.45. The lowest BCUT2D eigenvalue weighted by atomic mass is 9.86. The number of hydrogen-bond acceptors (Lipinski definition) is 4. The normalized spacial score (nSPS) is 20.3. The number of guanidine groups is 1. The van der Waals surface area contributed by atoms with Crippen molar-refractivity contribution in [2.75, 3.05) is 31.1 Å². The molecule has 160 valence electrons. The van der Waals surface area contributed by atoms with E-state index in [1.807, 2.05) is 31.2 Å². The Labute approximate surface area is 186 Å². The predicted molar refractivity (Wildman–Crippen MR) is 126 cm³/mol. The average molecular weight is 523 g/mol. The average Bonchev–Trinajstić information content (AvgIpc) is 2.95. The highest BCUT2D eigenvalue weighted by Crippen LogP contribution is 2.24. The van der Waals surface area contributed by atoms with Gasteiger partial charge in [0.15, 0.2) is 15.8 Å². The van der Waals surface area contributed by atoms with Gasteiger partial charge in [-0.15, -0.1) is 24.0 Å². The predicted octanol–water partition coefficient (Wildman–Crippen LogP) is 2.63. The van der Waals surface area contributed by atoms with Crippen molar-refractivity contribution in [3.63, 3.8) is 0 Å². The van der Waals surface area contributed by atoms with Gasteiger partial charge in [0.2, 0.25) is 0 Å². The number of halogens is 1. The van der Waals surface area contributed by atoms with Crippen molar-refractivity contribution in [2.45, 2.75) is 45.6 Å². The molecule has 0 aliphatic carbocycles. The van der Waals surface area contributed by atoms with Crippen LogP contribution < -0.4 is 10.6 Å². The van der Waals surface area contributed by atoms with Crippen molar-refractivity contribution in [1.82, 2.24) is 10.6 Å². The molecule has 28 heavy (non-hydrogen) atoms. The highest BCUT2D eigenvalue weighted by Gasteiger charge is 2.27. The fourth-order valence-corrected chi connectivity index (χ4v) is 4.97. The highest BCUT2D eigenvalue weighted by atomic mass is 127. The quantitative estimate of drug-likeness (QED) is 0.303. The Kier molecular flexibility index (Phi) is 9.69. The molecule has 0 amide bonds. The molecule has 1 saturated heterocycles. The first kappa shape index (κ1) is 25.2. The molecule has 1 aliphatic heterocycles. The highest BCUT2D eigenvalue weighted by molar-refractivity contribution is 14.0. The number of aliphatic hydroxyl groups is 1. The maximum absolute atomic E-state index is 11.6. The molecule has 1 aromatic rings. The van der Waals surface area contributed by atoms with Crippen LogP contribution in [-0.4, -0.2) is 50.6 Å². The zero-order valence-corrected chi connectivity index (χ0v) is 20.4. The van der Waals surface area contributed by atoms with E-state index in [0.717, 1.165) is 5.56 Å².